The number of ether oxygens (including phenoxy) is 1. The van der Waals surface area contributed by atoms with Crippen molar-refractivity contribution in [1.82, 2.24) is 14.9 Å². The Hall–Kier alpha value is -3.86. The van der Waals surface area contributed by atoms with Gasteiger partial charge < -0.3 is 25.4 Å². The van der Waals surface area contributed by atoms with E-state index in [4.69, 9.17) is 9.84 Å². The number of hydrogen-bond donors (Lipinski definition) is 3. The minimum absolute atomic E-state index is 0.0150. The molecule has 206 valence electrons. The van der Waals surface area contributed by atoms with E-state index in [-0.39, 0.29) is 11.5 Å². The molecule has 0 bridgehead atoms. The molecule has 2 aromatic carbocycles. The zero-order valence-electron chi connectivity index (χ0n) is 21.9. The van der Waals surface area contributed by atoms with Crippen molar-refractivity contribution in [2.75, 3.05) is 43.5 Å². The summed E-state index contributed by atoms with van der Waals surface area (Å²) in [5, 5.41) is 16.3. The van der Waals surface area contributed by atoms with E-state index in [1.807, 2.05) is 12.1 Å². The van der Waals surface area contributed by atoms with E-state index < -0.39 is 30.0 Å². The van der Waals surface area contributed by atoms with E-state index in [2.05, 4.69) is 20.6 Å². The quantitative estimate of drug-likeness (QED) is 0.413. The SMILES string of the molecule is CC(=O)N1CC=C(c2cc3c(N[C@H](C)c4cccc(C(F)(F)CO)c4F)nc(C)nc3c3c2OCCN3)CC1. The number of amides is 1. The number of anilines is 2. The summed E-state index contributed by atoms with van der Waals surface area (Å²) in [5.41, 5.74) is 2.38. The minimum Gasteiger partial charge on any atom is -0.489 e. The fourth-order valence-corrected chi connectivity index (χ4v) is 5.09. The Bertz CT molecular complexity index is 1480. The lowest BCUT2D eigenvalue weighted by atomic mass is 9.95. The van der Waals surface area contributed by atoms with E-state index in [0.717, 1.165) is 22.9 Å². The van der Waals surface area contributed by atoms with Gasteiger partial charge in [-0.15, -0.1) is 0 Å². The number of hydrogen-bond acceptors (Lipinski definition) is 7. The molecule has 0 saturated carbocycles. The molecular weight excluding hydrogens is 511 g/mol. The summed E-state index contributed by atoms with van der Waals surface area (Å²) in [6.45, 7) is 5.60. The number of aryl methyl sites for hydroxylation is 1. The van der Waals surface area contributed by atoms with Gasteiger partial charge in [-0.05, 0) is 38.0 Å². The van der Waals surface area contributed by atoms with Gasteiger partial charge in [-0.3, -0.25) is 4.79 Å². The van der Waals surface area contributed by atoms with Gasteiger partial charge in [0, 0.05) is 43.1 Å². The monoisotopic (exact) mass is 541 g/mol. The summed E-state index contributed by atoms with van der Waals surface area (Å²) in [7, 11) is 0. The molecule has 39 heavy (non-hydrogen) atoms. The highest BCUT2D eigenvalue weighted by Crippen LogP contribution is 2.44. The van der Waals surface area contributed by atoms with E-state index in [0.29, 0.717) is 61.0 Å². The van der Waals surface area contributed by atoms with Crippen LogP contribution in [0.1, 0.15) is 48.8 Å². The first-order valence-electron chi connectivity index (χ1n) is 12.8. The summed E-state index contributed by atoms with van der Waals surface area (Å²) in [6, 6.07) is 4.93. The summed E-state index contributed by atoms with van der Waals surface area (Å²) in [6.07, 6.45) is 2.65. The lowest BCUT2D eigenvalue weighted by Crippen LogP contribution is -2.32. The maximum absolute atomic E-state index is 15.2. The van der Waals surface area contributed by atoms with Crippen molar-refractivity contribution in [3.05, 3.63) is 58.7 Å². The number of aliphatic hydroxyl groups excluding tert-OH is 1. The normalized spacial score (nSPS) is 16.2. The lowest BCUT2D eigenvalue weighted by molar-refractivity contribution is -0.128. The molecular formula is C28H30F3N5O3. The second-order valence-electron chi connectivity index (χ2n) is 9.80. The van der Waals surface area contributed by atoms with Gasteiger partial charge in [-0.1, -0.05) is 18.2 Å². The topological polar surface area (TPSA) is 99.6 Å². The number of rotatable bonds is 6. The molecule has 3 N–H and O–H groups in total. The Morgan fingerprint density at radius 3 is 2.82 bits per heavy atom. The van der Waals surface area contributed by atoms with Crippen molar-refractivity contribution in [2.24, 2.45) is 0 Å². The minimum atomic E-state index is -3.71. The highest BCUT2D eigenvalue weighted by molar-refractivity contribution is 6.03. The van der Waals surface area contributed by atoms with Crippen LogP contribution >= 0.6 is 0 Å². The predicted molar refractivity (Wildman–Crippen MR) is 143 cm³/mol. The van der Waals surface area contributed by atoms with Crippen LogP contribution in [-0.4, -0.2) is 58.7 Å². The third-order valence-corrected chi connectivity index (χ3v) is 7.15. The summed E-state index contributed by atoms with van der Waals surface area (Å²) < 4.78 is 49.6. The maximum atomic E-state index is 15.2. The highest BCUT2D eigenvalue weighted by Gasteiger charge is 2.35. The van der Waals surface area contributed by atoms with Crippen LogP contribution < -0.4 is 15.4 Å². The molecule has 11 heteroatoms. The smallest absolute Gasteiger partial charge is 0.298 e. The fourth-order valence-electron chi connectivity index (χ4n) is 5.09. The molecule has 0 unspecified atom stereocenters. The summed E-state index contributed by atoms with van der Waals surface area (Å²) in [5.74, 6) is -3.21. The number of nitrogens with one attached hydrogen (secondary N) is 2. The van der Waals surface area contributed by atoms with Gasteiger partial charge in [0.25, 0.3) is 5.92 Å². The standard InChI is InChI=1S/C28H30F3N5O3/c1-15(19-5-4-6-22(23(19)29)28(30,31)14-37)33-27-21-13-20(18-7-10-36(11-8-18)17(3)38)26-25(32-9-12-39-26)24(21)34-16(2)35-27/h4-7,13,15,32,37H,8-12,14H2,1-3H3,(H,33,34,35)/t15-/m1/s1. The van der Waals surface area contributed by atoms with Crippen molar-refractivity contribution in [3.8, 4) is 5.75 Å². The average molecular weight is 542 g/mol. The maximum Gasteiger partial charge on any atom is 0.298 e. The van der Waals surface area contributed by atoms with Crippen LogP contribution in [0.2, 0.25) is 0 Å². The van der Waals surface area contributed by atoms with E-state index >= 15 is 4.39 Å². The van der Waals surface area contributed by atoms with Gasteiger partial charge >= 0.3 is 0 Å². The Morgan fingerprint density at radius 1 is 1.33 bits per heavy atom. The van der Waals surface area contributed by atoms with Gasteiger partial charge in [-0.25, -0.2) is 14.4 Å². The van der Waals surface area contributed by atoms with Crippen LogP contribution in [0.5, 0.6) is 5.75 Å². The first-order chi connectivity index (χ1) is 18.6. The summed E-state index contributed by atoms with van der Waals surface area (Å²) in [4.78, 5) is 22.8. The predicted octanol–water partition coefficient (Wildman–Crippen LogP) is 4.77. The van der Waals surface area contributed by atoms with E-state index in [9.17, 15) is 13.6 Å². The lowest BCUT2D eigenvalue weighted by Gasteiger charge is -2.29. The largest absolute Gasteiger partial charge is 0.489 e. The van der Waals surface area contributed by atoms with Gasteiger partial charge in [0.05, 0.1) is 11.6 Å². The van der Waals surface area contributed by atoms with Crippen molar-refractivity contribution in [2.45, 2.75) is 39.2 Å². The van der Waals surface area contributed by atoms with Crippen LogP contribution in [0.3, 0.4) is 0 Å². The van der Waals surface area contributed by atoms with Gasteiger partial charge in [0.15, 0.2) is 5.75 Å². The van der Waals surface area contributed by atoms with Gasteiger partial charge in [0.2, 0.25) is 5.91 Å². The Balaban J connectivity index is 1.60. The molecule has 0 radical (unpaired) electrons. The number of carbonyl (C=O) groups is 1. The molecule has 0 spiro atoms. The molecule has 0 saturated heterocycles. The molecule has 2 aliphatic rings. The number of halogens is 3. The number of fused-ring (bicyclic) bond motifs is 3. The Labute approximate surface area is 223 Å². The van der Waals surface area contributed by atoms with Crippen LogP contribution in [0, 0.1) is 12.7 Å². The number of carbonyl (C=O) groups excluding carboxylic acids is 1. The van der Waals surface area contributed by atoms with E-state index in [1.54, 1.807) is 25.7 Å². The third kappa shape index (κ3) is 4.98. The Kier molecular flexibility index (Phi) is 7.11. The summed E-state index contributed by atoms with van der Waals surface area (Å²) >= 11 is 0. The molecule has 0 fully saturated rings. The molecule has 2 aliphatic heterocycles. The van der Waals surface area contributed by atoms with Gasteiger partial charge in [-0.2, -0.15) is 8.78 Å². The number of aromatic nitrogens is 2. The first-order valence-corrected chi connectivity index (χ1v) is 12.8. The highest BCUT2D eigenvalue weighted by atomic mass is 19.3. The molecule has 1 atom stereocenters. The molecule has 0 aliphatic carbocycles. The third-order valence-electron chi connectivity index (χ3n) is 7.15. The van der Waals surface area contributed by atoms with Crippen molar-refractivity contribution in [3.63, 3.8) is 0 Å². The van der Waals surface area contributed by atoms with Crippen molar-refractivity contribution >= 4 is 33.9 Å². The first kappa shape index (κ1) is 26.7. The van der Waals surface area contributed by atoms with E-state index in [1.165, 1.54) is 12.1 Å². The molecule has 3 aromatic rings. The molecule has 3 heterocycles. The zero-order chi connectivity index (χ0) is 27.9. The van der Waals surface area contributed by atoms with Gasteiger partial charge in [0.1, 0.15) is 41.9 Å². The van der Waals surface area contributed by atoms with Crippen molar-refractivity contribution in [1.29, 1.82) is 0 Å². The van der Waals surface area contributed by atoms with Crippen LogP contribution in [-0.2, 0) is 10.7 Å². The zero-order valence-corrected chi connectivity index (χ0v) is 21.9. The average Bonchev–Trinajstić information content (AvgIpc) is 2.92. The second kappa shape index (κ2) is 10.4. The van der Waals surface area contributed by atoms with Crippen LogP contribution in [0.15, 0.2) is 30.3 Å². The number of alkyl halides is 2. The number of aliphatic hydroxyl groups is 1. The second-order valence-corrected chi connectivity index (χ2v) is 9.80. The molecule has 1 aromatic heterocycles. The molecule has 5 rings (SSSR count). The number of nitrogens with zero attached hydrogens (tertiary/aromatic N) is 3. The Morgan fingerprint density at radius 2 is 2.13 bits per heavy atom. The number of benzene rings is 2. The fraction of sp³-hybridized carbons (Fsp3) is 0.393. The van der Waals surface area contributed by atoms with Crippen LogP contribution in [0.4, 0.5) is 24.7 Å². The molecule has 1 amide bonds. The van der Waals surface area contributed by atoms with Crippen molar-refractivity contribution < 1.29 is 27.8 Å². The van der Waals surface area contributed by atoms with Crippen LogP contribution in [0.25, 0.3) is 16.5 Å². The molecule has 8 nitrogen and oxygen atoms in total.